The van der Waals surface area contributed by atoms with Crippen LogP contribution < -0.4 is 0 Å². The van der Waals surface area contributed by atoms with E-state index in [0.717, 1.165) is 6.42 Å². The van der Waals surface area contributed by atoms with Crippen LogP contribution in [0, 0.1) is 0 Å². The van der Waals surface area contributed by atoms with Crippen LogP contribution in [0.3, 0.4) is 0 Å². The minimum atomic E-state index is 0.419. The molecule has 0 amide bonds. The first-order chi connectivity index (χ1) is 3.39. The Hall–Kier alpha value is 0.270. The predicted molar refractivity (Wildman–Crippen MR) is 37.3 cm³/mol. The fourth-order valence-electron chi connectivity index (χ4n) is 0.504. The van der Waals surface area contributed by atoms with Crippen molar-refractivity contribution >= 4 is 22.6 Å². The zero-order valence-electron chi connectivity index (χ0n) is 3.93. The van der Waals surface area contributed by atoms with Gasteiger partial charge in [-0.25, -0.2) is 0 Å². The Balaban J connectivity index is 2.32. The summed E-state index contributed by atoms with van der Waals surface area (Å²) in [7, 11) is 0. The summed E-state index contributed by atoms with van der Waals surface area (Å²) in [5.41, 5.74) is 0. The molecule has 0 saturated carbocycles. The molecule has 1 heterocycles. The van der Waals surface area contributed by atoms with Crippen molar-refractivity contribution in [2.24, 2.45) is 0 Å². The van der Waals surface area contributed by atoms with Crippen LogP contribution in [0.4, 0.5) is 0 Å². The summed E-state index contributed by atoms with van der Waals surface area (Å²) < 4.78 is 5.50. The van der Waals surface area contributed by atoms with Crippen molar-refractivity contribution < 1.29 is 4.74 Å². The van der Waals surface area contributed by atoms with Gasteiger partial charge in [0.2, 0.25) is 0 Å². The Morgan fingerprint density at radius 2 is 2.57 bits per heavy atom. The van der Waals surface area contributed by atoms with E-state index in [-0.39, 0.29) is 0 Å². The molecule has 0 fully saturated rings. The second-order valence-corrected chi connectivity index (χ2v) is 2.88. The maximum Gasteiger partial charge on any atom is 0.148 e. The number of allylic oxidation sites excluding steroid dienone is 1. The Labute approximate surface area is 56.9 Å². The van der Waals surface area contributed by atoms with Crippen molar-refractivity contribution in [3.8, 4) is 0 Å². The summed E-state index contributed by atoms with van der Waals surface area (Å²) in [5.74, 6) is 0. The van der Waals surface area contributed by atoms with Crippen molar-refractivity contribution in [1.29, 1.82) is 0 Å². The van der Waals surface area contributed by atoms with Crippen LogP contribution >= 0.6 is 22.6 Å². The third-order valence-corrected chi connectivity index (χ3v) is 1.80. The van der Waals surface area contributed by atoms with Gasteiger partial charge in [-0.15, -0.1) is 0 Å². The molecule has 0 unspecified atom stereocenters. The smallest absolute Gasteiger partial charge is 0.148 e. The van der Waals surface area contributed by atoms with Crippen molar-refractivity contribution in [2.45, 2.75) is 17.0 Å². The molecule has 0 aromatic rings. The minimum absolute atomic E-state index is 0.419. The van der Waals surface area contributed by atoms with E-state index in [0.29, 0.717) is 4.11 Å². The van der Waals surface area contributed by atoms with Crippen LogP contribution in [0.25, 0.3) is 0 Å². The molecule has 1 nitrogen and oxygen atoms in total. The van der Waals surface area contributed by atoms with Crippen LogP contribution in [-0.4, -0.2) is 4.11 Å². The van der Waals surface area contributed by atoms with Gasteiger partial charge in [0.05, 0.1) is 6.26 Å². The SMILES string of the molecule is I[C@H]1CCC=CO1. The highest BCUT2D eigenvalue weighted by atomic mass is 127. The fraction of sp³-hybridized carbons (Fsp3) is 0.600. The van der Waals surface area contributed by atoms with E-state index in [1.165, 1.54) is 6.42 Å². The first kappa shape index (κ1) is 5.41. The highest BCUT2D eigenvalue weighted by molar-refractivity contribution is 14.1. The monoisotopic (exact) mass is 210 g/mol. The zero-order chi connectivity index (χ0) is 5.11. The lowest BCUT2D eigenvalue weighted by Crippen LogP contribution is -2.01. The van der Waals surface area contributed by atoms with Gasteiger partial charge >= 0.3 is 0 Å². The van der Waals surface area contributed by atoms with E-state index in [2.05, 4.69) is 28.7 Å². The number of halogens is 1. The minimum Gasteiger partial charge on any atom is -0.488 e. The van der Waals surface area contributed by atoms with Gasteiger partial charge in [0.25, 0.3) is 0 Å². The lowest BCUT2D eigenvalue weighted by Gasteiger charge is -2.11. The normalized spacial score (nSPS) is 29.6. The molecular weight excluding hydrogens is 203 g/mol. The molecule has 0 aromatic heterocycles. The van der Waals surface area contributed by atoms with E-state index in [1.54, 1.807) is 6.26 Å². The molecule has 1 aliphatic heterocycles. The molecule has 40 valence electrons. The highest BCUT2D eigenvalue weighted by Crippen LogP contribution is 2.15. The Kier molecular flexibility index (Phi) is 1.97. The molecule has 1 rings (SSSR count). The van der Waals surface area contributed by atoms with Crippen LogP contribution in [0.5, 0.6) is 0 Å². The predicted octanol–water partition coefficient (Wildman–Crippen LogP) is 2.07. The molecule has 7 heavy (non-hydrogen) atoms. The quantitative estimate of drug-likeness (QED) is 0.439. The average molecular weight is 210 g/mol. The summed E-state index contributed by atoms with van der Waals surface area (Å²) in [6.45, 7) is 0. The van der Waals surface area contributed by atoms with E-state index in [9.17, 15) is 0 Å². The molecule has 0 bridgehead atoms. The van der Waals surface area contributed by atoms with Gasteiger partial charge in [0.15, 0.2) is 0 Å². The first-order valence-electron chi connectivity index (χ1n) is 2.34. The standard InChI is InChI=1S/C5H7IO/c6-5-3-1-2-4-7-5/h2,4-5H,1,3H2/t5-/m1/s1. The largest absolute Gasteiger partial charge is 0.488 e. The third-order valence-electron chi connectivity index (χ3n) is 0.883. The van der Waals surface area contributed by atoms with Gasteiger partial charge in [-0.3, -0.25) is 0 Å². The van der Waals surface area contributed by atoms with Gasteiger partial charge < -0.3 is 4.74 Å². The van der Waals surface area contributed by atoms with Crippen LogP contribution in [0.15, 0.2) is 12.3 Å². The van der Waals surface area contributed by atoms with E-state index >= 15 is 0 Å². The summed E-state index contributed by atoms with van der Waals surface area (Å²) in [6, 6.07) is 0. The van der Waals surface area contributed by atoms with Gasteiger partial charge in [-0.1, -0.05) is 0 Å². The number of rotatable bonds is 0. The molecule has 0 spiro atoms. The second-order valence-electron chi connectivity index (χ2n) is 1.50. The molecule has 2 heteroatoms. The lowest BCUT2D eigenvalue weighted by molar-refractivity contribution is 0.214. The number of hydrogen-bond donors (Lipinski definition) is 0. The van der Waals surface area contributed by atoms with Crippen LogP contribution in [0.2, 0.25) is 0 Å². The Morgan fingerprint density at radius 3 is 2.86 bits per heavy atom. The highest BCUT2D eigenvalue weighted by Gasteiger charge is 2.02. The molecule has 0 aliphatic carbocycles. The van der Waals surface area contributed by atoms with Crippen molar-refractivity contribution in [1.82, 2.24) is 0 Å². The Bertz CT molecular complexity index is 80.1. The van der Waals surface area contributed by atoms with Crippen LogP contribution in [0.1, 0.15) is 12.8 Å². The lowest BCUT2D eigenvalue weighted by atomic mass is 10.3. The van der Waals surface area contributed by atoms with E-state index < -0.39 is 0 Å². The zero-order valence-corrected chi connectivity index (χ0v) is 6.09. The topological polar surface area (TPSA) is 9.23 Å². The van der Waals surface area contributed by atoms with Crippen molar-refractivity contribution in [3.05, 3.63) is 12.3 Å². The summed E-state index contributed by atoms with van der Waals surface area (Å²) in [4.78, 5) is 0. The van der Waals surface area contributed by atoms with Crippen LogP contribution in [-0.2, 0) is 4.74 Å². The maximum atomic E-state index is 5.08. The van der Waals surface area contributed by atoms with Crippen molar-refractivity contribution in [3.63, 3.8) is 0 Å². The van der Waals surface area contributed by atoms with Crippen molar-refractivity contribution in [2.75, 3.05) is 0 Å². The molecular formula is C5H7IO. The van der Waals surface area contributed by atoms with Gasteiger partial charge in [0, 0.05) is 0 Å². The molecule has 0 N–H and O–H groups in total. The number of hydrogen-bond acceptors (Lipinski definition) is 1. The summed E-state index contributed by atoms with van der Waals surface area (Å²) in [5, 5.41) is 0. The molecule has 0 aromatic carbocycles. The third kappa shape index (κ3) is 1.67. The summed E-state index contributed by atoms with van der Waals surface area (Å²) in [6.07, 6.45) is 6.17. The maximum absolute atomic E-state index is 5.08. The number of alkyl halides is 1. The van der Waals surface area contributed by atoms with Gasteiger partial charge in [-0.2, -0.15) is 0 Å². The Morgan fingerprint density at radius 1 is 1.71 bits per heavy atom. The van der Waals surface area contributed by atoms with E-state index in [4.69, 9.17) is 4.74 Å². The van der Waals surface area contributed by atoms with Gasteiger partial charge in [-0.05, 0) is 41.5 Å². The first-order valence-corrected chi connectivity index (χ1v) is 3.59. The molecule has 0 saturated heterocycles. The molecule has 1 atom stereocenters. The second kappa shape index (κ2) is 2.55. The fourth-order valence-corrected chi connectivity index (χ4v) is 1.03. The molecule has 1 aliphatic rings. The number of ether oxygens (including phenoxy) is 1. The average Bonchev–Trinajstić information content (AvgIpc) is 1.69. The molecule has 0 radical (unpaired) electrons. The van der Waals surface area contributed by atoms with Gasteiger partial charge in [0.1, 0.15) is 4.11 Å². The van der Waals surface area contributed by atoms with E-state index in [1.807, 2.05) is 0 Å². The summed E-state index contributed by atoms with van der Waals surface area (Å²) >= 11 is 2.28.